The molecule has 0 bridgehead atoms. The van der Waals surface area contributed by atoms with Gasteiger partial charge in [-0.1, -0.05) is 28.1 Å². The first-order valence-electron chi connectivity index (χ1n) is 4.57. The van der Waals surface area contributed by atoms with Crippen molar-refractivity contribution in [3.8, 4) is 5.75 Å². The lowest BCUT2D eigenvalue weighted by atomic mass is 9.99. The van der Waals surface area contributed by atoms with E-state index in [4.69, 9.17) is 4.74 Å². The fourth-order valence-electron chi connectivity index (χ4n) is 1.67. The van der Waals surface area contributed by atoms with E-state index in [-0.39, 0.29) is 0 Å². The molecule has 1 atom stereocenters. The maximum atomic E-state index is 5.68. The van der Waals surface area contributed by atoms with Gasteiger partial charge in [-0.15, -0.1) is 0 Å². The second-order valence-corrected chi connectivity index (χ2v) is 4.64. The van der Waals surface area contributed by atoms with Crippen LogP contribution in [0.2, 0.25) is 0 Å². The van der Waals surface area contributed by atoms with Crippen LogP contribution in [0.1, 0.15) is 27.9 Å². The van der Waals surface area contributed by atoms with Crippen LogP contribution in [0.4, 0.5) is 0 Å². The molecule has 70 valence electrons. The van der Waals surface area contributed by atoms with Crippen molar-refractivity contribution in [3.63, 3.8) is 0 Å². The van der Waals surface area contributed by atoms with E-state index < -0.39 is 0 Å². The molecule has 1 aliphatic rings. The summed E-state index contributed by atoms with van der Waals surface area (Å²) in [5.41, 5.74) is 3.89. The van der Waals surface area contributed by atoms with Crippen molar-refractivity contribution in [2.75, 3.05) is 6.61 Å². The Bertz CT molecular complexity index is 333. The molecule has 13 heavy (non-hydrogen) atoms. The molecule has 2 rings (SSSR count). The van der Waals surface area contributed by atoms with Crippen molar-refractivity contribution in [3.05, 3.63) is 28.8 Å². The van der Waals surface area contributed by atoms with E-state index in [0.717, 1.165) is 18.8 Å². The first-order chi connectivity index (χ1) is 6.20. The summed E-state index contributed by atoms with van der Waals surface area (Å²) in [7, 11) is 0. The lowest BCUT2D eigenvalue weighted by Gasteiger charge is -2.24. The molecule has 0 saturated heterocycles. The molecule has 0 amide bonds. The van der Waals surface area contributed by atoms with Crippen LogP contribution in [0.3, 0.4) is 0 Å². The van der Waals surface area contributed by atoms with Gasteiger partial charge in [-0.3, -0.25) is 0 Å². The number of halogens is 1. The Morgan fingerprint density at radius 3 is 2.92 bits per heavy atom. The second kappa shape index (κ2) is 3.33. The van der Waals surface area contributed by atoms with E-state index in [1.54, 1.807) is 0 Å². The van der Waals surface area contributed by atoms with Gasteiger partial charge in [0.25, 0.3) is 0 Å². The molecular weight excluding hydrogens is 228 g/mol. The van der Waals surface area contributed by atoms with Crippen molar-refractivity contribution < 1.29 is 4.74 Å². The molecule has 0 radical (unpaired) electrons. The van der Waals surface area contributed by atoms with Gasteiger partial charge in [0.2, 0.25) is 0 Å². The molecule has 0 aromatic heterocycles. The Morgan fingerprint density at radius 1 is 1.38 bits per heavy atom. The third kappa shape index (κ3) is 1.48. The minimum atomic E-state index is 0.468. The molecule has 0 saturated carbocycles. The van der Waals surface area contributed by atoms with Crippen LogP contribution in [0.15, 0.2) is 12.1 Å². The SMILES string of the molecule is Cc1ccc2c(c1C)OCCC2Br. The average Bonchev–Trinajstić information content (AvgIpc) is 2.12. The Balaban J connectivity index is 2.56. The van der Waals surface area contributed by atoms with Crippen molar-refractivity contribution >= 4 is 15.9 Å². The number of hydrogen-bond acceptors (Lipinski definition) is 1. The van der Waals surface area contributed by atoms with Gasteiger partial charge in [0, 0.05) is 10.4 Å². The highest BCUT2D eigenvalue weighted by Gasteiger charge is 2.20. The third-order valence-electron chi connectivity index (χ3n) is 2.66. The smallest absolute Gasteiger partial charge is 0.126 e. The number of benzene rings is 1. The van der Waals surface area contributed by atoms with Crippen LogP contribution in [0, 0.1) is 13.8 Å². The van der Waals surface area contributed by atoms with E-state index in [1.807, 2.05) is 0 Å². The normalized spacial score (nSPS) is 20.7. The molecule has 0 fully saturated rings. The summed E-state index contributed by atoms with van der Waals surface area (Å²) in [5, 5.41) is 0. The predicted octanol–water partition coefficient (Wildman–Crippen LogP) is 3.52. The molecule has 1 unspecified atom stereocenters. The summed E-state index contributed by atoms with van der Waals surface area (Å²) in [6.07, 6.45) is 1.06. The topological polar surface area (TPSA) is 9.23 Å². The highest BCUT2D eigenvalue weighted by Crippen LogP contribution is 2.40. The van der Waals surface area contributed by atoms with Gasteiger partial charge in [-0.25, -0.2) is 0 Å². The van der Waals surface area contributed by atoms with E-state index >= 15 is 0 Å². The molecule has 0 N–H and O–H groups in total. The molecule has 1 aliphatic heterocycles. The van der Waals surface area contributed by atoms with Crippen LogP contribution in [-0.2, 0) is 0 Å². The third-order valence-corrected chi connectivity index (χ3v) is 3.61. The minimum Gasteiger partial charge on any atom is -0.493 e. The molecule has 1 nitrogen and oxygen atoms in total. The lowest BCUT2D eigenvalue weighted by Crippen LogP contribution is -2.11. The zero-order chi connectivity index (χ0) is 9.42. The molecule has 2 heteroatoms. The average molecular weight is 241 g/mol. The summed E-state index contributed by atoms with van der Waals surface area (Å²) < 4.78 is 5.68. The minimum absolute atomic E-state index is 0.468. The maximum absolute atomic E-state index is 5.68. The molecule has 1 aromatic rings. The summed E-state index contributed by atoms with van der Waals surface area (Å²) >= 11 is 3.67. The van der Waals surface area contributed by atoms with Crippen molar-refractivity contribution in [2.24, 2.45) is 0 Å². The van der Waals surface area contributed by atoms with Gasteiger partial charge in [0.05, 0.1) is 6.61 Å². The first-order valence-corrected chi connectivity index (χ1v) is 5.48. The standard InChI is InChI=1S/C11H13BrO/c1-7-3-4-9-10(12)5-6-13-11(9)8(7)2/h3-4,10H,5-6H2,1-2H3. The van der Waals surface area contributed by atoms with Crippen LogP contribution in [-0.4, -0.2) is 6.61 Å². The summed E-state index contributed by atoms with van der Waals surface area (Å²) in [6, 6.07) is 4.33. The number of fused-ring (bicyclic) bond motifs is 1. The summed E-state index contributed by atoms with van der Waals surface area (Å²) in [5.74, 6) is 1.09. The van der Waals surface area contributed by atoms with E-state index in [0.29, 0.717) is 4.83 Å². The van der Waals surface area contributed by atoms with Gasteiger partial charge in [-0.05, 0) is 31.4 Å². The number of aryl methyl sites for hydroxylation is 1. The fourth-order valence-corrected chi connectivity index (χ4v) is 2.22. The number of rotatable bonds is 0. The second-order valence-electron chi connectivity index (χ2n) is 3.53. The van der Waals surface area contributed by atoms with Gasteiger partial charge in [-0.2, -0.15) is 0 Å². The molecular formula is C11H13BrO. The Labute approximate surface area is 87.2 Å². The Kier molecular flexibility index (Phi) is 2.33. The largest absolute Gasteiger partial charge is 0.493 e. The highest BCUT2D eigenvalue weighted by molar-refractivity contribution is 9.09. The van der Waals surface area contributed by atoms with Gasteiger partial charge < -0.3 is 4.74 Å². The maximum Gasteiger partial charge on any atom is 0.126 e. The quantitative estimate of drug-likeness (QED) is 0.631. The van der Waals surface area contributed by atoms with Gasteiger partial charge in [0.1, 0.15) is 5.75 Å². The Morgan fingerprint density at radius 2 is 2.15 bits per heavy atom. The van der Waals surface area contributed by atoms with Crippen LogP contribution in [0.25, 0.3) is 0 Å². The monoisotopic (exact) mass is 240 g/mol. The van der Waals surface area contributed by atoms with E-state index in [9.17, 15) is 0 Å². The molecule has 0 aliphatic carbocycles. The van der Waals surface area contributed by atoms with Crippen LogP contribution in [0.5, 0.6) is 5.75 Å². The predicted molar refractivity (Wildman–Crippen MR) is 57.7 cm³/mol. The van der Waals surface area contributed by atoms with Gasteiger partial charge in [0.15, 0.2) is 0 Å². The zero-order valence-electron chi connectivity index (χ0n) is 7.93. The van der Waals surface area contributed by atoms with Crippen molar-refractivity contribution in [1.82, 2.24) is 0 Å². The molecule has 0 spiro atoms. The molecule has 1 heterocycles. The summed E-state index contributed by atoms with van der Waals surface area (Å²) in [6.45, 7) is 5.07. The van der Waals surface area contributed by atoms with Crippen molar-refractivity contribution in [1.29, 1.82) is 0 Å². The van der Waals surface area contributed by atoms with Crippen LogP contribution >= 0.6 is 15.9 Å². The summed E-state index contributed by atoms with van der Waals surface area (Å²) in [4.78, 5) is 0.468. The Hall–Kier alpha value is -0.500. The van der Waals surface area contributed by atoms with E-state index in [1.165, 1.54) is 16.7 Å². The highest BCUT2D eigenvalue weighted by atomic mass is 79.9. The lowest BCUT2D eigenvalue weighted by molar-refractivity contribution is 0.285. The number of ether oxygens (including phenoxy) is 1. The fraction of sp³-hybridized carbons (Fsp3) is 0.455. The zero-order valence-corrected chi connectivity index (χ0v) is 9.52. The first kappa shape index (κ1) is 9.07. The van der Waals surface area contributed by atoms with E-state index in [2.05, 4.69) is 41.9 Å². The van der Waals surface area contributed by atoms with Crippen LogP contribution < -0.4 is 4.74 Å². The number of alkyl halides is 1. The number of hydrogen-bond donors (Lipinski definition) is 0. The van der Waals surface area contributed by atoms with Gasteiger partial charge >= 0.3 is 0 Å². The molecule has 1 aromatic carbocycles. The van der Waals surface area contributed by atoms with Crippen molar-refractivity contribution in [2.45, 2.75) is 25.1 Å².